The van der Waals surface area contributed by atoms with Crippen molar-refractivity contribution in [3.63, 3.8) is 0 Å². The van der Waals surface area contributed by atoms with Crippen LogP contribution in [0.1, 0.15) is 29.4 Å². The van der Waals surface area contributed by atoms with Gasteiger partial charge in [-0.3, -0.25) is 9.78 Å². The number of amides is 1. The summed E-state index contributed by atoms with van der Waals surface area (Å²) in [6.07, 6.45) is 4.05. The van der Waals surface area contributed by atoms with E-state index in [1.165, 1.54) is 0 Å². The highest BCUT2D eigenvalue weighted by atomic mass is 16.2. The number of nitrogens with one attached hydrogen (secondary N) is 1. The Morgan fingerprint density at radius 1 is 1.71 bits per heavy atom. The van der Waals surface area contributed by atoms with Crippen molar-refractivity contribution in [2.24, 2.45) is 5.10 Å². The number of pyridine rings is 1. The molecule has 0 unspecified atom stereocenters. The largest absolute Gasteiger partial charge is 0.271 e. The van der Waals surface area contributed by atoms with Gasteiger partial charge in [0.05, 0.1) is 0 Å². The van der Waals surface area contributed by atoms with Crippen LogP contribution in [-0.2, 0) is 0 Å². The van der Waals surface area contributed by atoms with Crippen molar-refractivity contribution in [1.82, 2.24) is 10.4 Å². The van der Waals surface area contributed by atoms with Crippen molar-refractivity contribution in [3.05, 3.63) is 29.6 Å². The average Bonchev–Trinajstić information content (AvgIpc) is 2.18. The lowest BCUT2D eigenvalue weighted by Gasteiger charge is -1.99. The maximum atomic E-state index is 11.4. The molecule has 1 rings (SSSR count). The van der Waals surface area contributed by atoms with Crippen molar-refractivity contribution in [2.75, 3.05) is 0 Å². The number of carbonyl (C=O) groups is 1. The van der Waals surface area contributed by atoms with E-state index in [1.807, 2.05) is 13.8 Å². The molecule has 74 valence electrons. The number of hydrogen-bond acceptors (Lipinski definition) is 3. The third-order valence-electron chi connectivity index (χ3n) is 1.60. The zero-order chi connectivity index (χ0) is 10.4. The van der Waals surface area contributed by atoms with Gasteiger partial charge in [0, 0.05) is 23.7 Å². The van der Waals surface area contributed by atoms with Gasteiger partial charge in [-0.15, -0.1) is 0 Å². The number of hydrogen-bond donors (Lipinski definition) is 1. The van der Waals surface area contributed by atoms with E-state index in [-0.39, 0.29) is 5.91 Å². The molecule has 0 spiro atoms. The van der Waals surface area contributed by atoms with E-state index in [1.54, 1.807) is 24.5 Å². The number of carbonyl (C=O) groups excluding carboxylic acids is 1. The second-order valence-corrected chi connectivity index (χ2v) is 2.85. The molecule has 1 heterocycles. The molecule has 0 aromatic carbocycles. The second kappa shape index (κ2) is 5.11. The Labute approximate surface area is 83.1 Å². The molecule has 0 radical (unpaired) electrons. The normalized spacial score (nSPS) is 10.4. The molecule has 0 saturated heterocycles. The first kappa shape index (κ1) is 10.4. The van der Waals surface area contributed by atoms with Crippen LogP contribution in [0.5, 0.6) is 0 Å². The molecular formula is C10H13N3O. The van der Waals surface area contributed by atoms with Crippen molar-refractivity contribution >= 4 is 12.1 Å². The van der Waals surface area contributed by atoms with E-state index >= 15 is 0 Å². The number of aromatic nitrogens is 1. The van der Waals surface area contributed by atoms with Crippen molar-refractivity contribution in [2.45, 2.75) is 20.3 Å². The van der Waals surface area contributed by atoms with Crippen molar-refractivity contribution in [3.8, 4) is 0 Å². The first-order valence-corrected chi connectivity index (χ1v) is 4.48. The van der Waals surface area contributed by atoms with E-state index in [2.05, 4.69) is 15.5 Å². The molecule has 1 aromatic heterocycles. The molecule has 0 bridgehead atoms. The Kier molecular flexibility index (Phi) is 3.79. The lowest BCUT2D eigenvalue weighted by molar-refractivity contribution is 0.0955. The molecule has 4 heteroatoms. The summed E-state index contributed by atoms with van der Waals surface area (Å²) in [7, 11) is 0. The molecule has 0 aliphatic carbocycles. The number of rotatable bonds is 3. The van der Waals surface area contributed by atoms with Crippen LogP contribution in [0.3, 0.4) is 0 Å². The van der Waals surface area contributed by atoms with Crippen LogP contribution in [0, 0.1) is 6.92 Å². The topological polar surface area (TPSA) is 54.4 Å². The van der Waals surface area contributed by atoms with Crippen molar-refractivity contribution < 1.29 is 4.79 Å². The van der Waals surface area contributed by atoms with Gasteiger partial charge in [0.2, 0.25) is 0 Å². The van der Waals surface area contributed by atoms with Gasteiger partial charge in [-0.05, 0) is 25.5 Å². The highest BCUT2D eigenvalue weighted by Crippen LogP contribution is 1.99. The van der Waals surface area contributed by atoms with Gasteiger partial charge < -0.3 is 0 Å². The molecule has 0 aliphatic rings. The molecule has 1 N–H and O–H groups in total. The first-order valence-electron chi connectivity index (χ1n) is 4.48. The summed E-state index contributed by atoms with van der Waals surface area (Å²) >= 11 is 0. The van der Waals surface area contributed by atoms with Gasteiger partial charge in [-0.2, -0.15) is 5.10 Å². The van der Waals surface area contributed by atoms with Crippen LogP contribution in [0.15, 0.2) is 23.4 Å². The summed E-state index contributed by atoms with van der Waals surface area (Å²) in [6, 6.07) is 3.38. The van der Waals surface area contributed by atoms with Crippen LogP contribution in [0.4, 0.5) is 0 Å². The zero-order valence-corrected chi connectivity index (χ0v) is 8.32. The smallest absolute Gasteiger partial charge is 0.267 e. The van der Waals surface area contributed by atoms with E-state index in [4.69, 9.17) is 0 Å². The number of aryl methyl sites for hydroxylation is 1. The van der Waals surface area contributed by atoms with Crippen molar-refractivity contribution in [1.29, 1.82) is 0 Å². The lowest BCUT2D eigenvalue weighted by Crippen LogP contribution is -2.17. The fraction of sp³-hybridized carbons (Fsp3) is 0.300. The summed E-state index contributed by atoms with van der Waals surface area (Å²) in [5, 5.41) is 3.75. The Balaban J connectivity index is 2.65. The molecular weight excluding hydrogens is 178 g/mol. The molecule has 1 aromatic rings. The summed E-state index contributed by atoms with van der Waals surface area (Å²) in [5.41, 5.74) is 3.82. The summed E-state index contributed by atoms with van der Waals surface area (Å²) < 4.78 is 0. The maximum Gasteiger partial charge on any atom is 0.271 e. The average molecular weight is 191 g/mol. The molecule has 0 saturated carbocycles. The highest BCUT2D eigenvalue weighted by Gasteiger charge is 2.03. The van der Waals surface area contributed by atoms with Gasteiger partial charge in [0.25, 0.3) is 5.91 Å². The fourth-order valence-electron chi connectivity index (χ4n) is 0.947. The van der Waals surface area contributed by atoms with Crippen LogP contribution in [0.2, 0.25) is 0 Å². The number of hydrazone groups is 1. The van der Waals surface area contributed by atoms with Crippen LogP contribution < -0.4 is 5.43 Å². The van der Waals surface area contributed by atoms with Crippen LogP contribution in [0.25, 0.3) is 0 Å². The van der Waals surface area contributed by atoms with E-state index in [0.717, 1.165) is 12.1 Å². The zero-order valence-electron chi connectivity index (χ0n) is 8.32. The van der Waals surface area contributed by atoms with Gasteiger partial charge in [-0.25, -0.2) is 5.43 Å². The maximum absolute atomic E-state index is 11.4. The van der Waals surface area contributed by atoms with Gasteiger partial charge in [0.1, 0.15) is 0 Å². The summed E-state index contributed by atoms with van der Waals surface area (Å²) in [6.45, 7) is 3.79. The fourth-order valence-corrected chi connectivity index (χ4v) is 0.947. The SMILES string of the molecule is CC/C=N/NC(=O)c1ccnc(C)c1. The third kappa shape index (κ3) is 2.97. The van der Waals surface area contributed by atoms with E-state index in [0.29, 0.717) is 5.56 Å². The van der Waals surface area contributed by atoms with E-state index in [9.17, 15) is 4.79 Å². The molecule has 14 heavy (non-hydrogen) atoms. The molecule has 0 atom stereocenters. The minimum absolute atomic E-state index is 0.208. The van der Waals surface area contributed by atoms with Gasteiger partial charge >= 0.3 is 0 Å². The first-order chi connectivity index (χ1) is 6.74. The van der Waals surface area contributed by atoms with E-state index < -0.39 is 0 Å². The molecule has 1 amide bonds. The van der Waals surface area contributed by atoms with Gasteiger partial charge in [-0.1, -0.05) is 6.92 Å². The summed E-state index contributed by atoms with van der Waals surface area (Å²) in [4.78, 5) is 15.4. The Hall–Kier alpha value is -1.71. The predicted octanol–water partition coefficient (Wildman–Crippen LogP) is 1.52. The quantitative estimate of drug-likeness (QED) is 0.581. The highest BCUT2D eigenvalue weighted by molar-refractivity contribution is 5.94. The molecule has 0 aliphatic heterocycles. The van der Waals surface area contributed by atoms with Crippen LogP contribution in [-0.4, -0.2) is 17.1 Å². The van der Waals surface area contributed by atoms with Gasteiger partial charge in [0.15, 0.2) is 0 Å². The monoisotopic (exact) mass is 191 g/mol. The Bertz CT molecular complexity index is 347. The molecule has 4 nitrogen and oxygen atoms in total. The standard InChI is InChI=1S/C10H13N3O/c1-3-5-12-13-10(14)9-4-6-11-8(2)7-9/h4-7H,3H2,1-2H3,(H,13,14)/b12-5+. The predicted molar refractivity (Wildman–Crippen MR) is 55.2 cm³/mol. The Morgan fingerprint density at radius 3 is 3.14 bits per heavy atom. The minimum Gasteiger partial charge on any atom is -0.267 e. The lowest BCUT2D eigenvalue weighted by atomic mass is 10.2. The van der Waals surface area contributed by atoms with Crippen LogP contribution >= 0.6 is 0 Å². The number of nitrogens with zero attached hydrogens (tertiary/aromatic N) is 2. The molecule has 0 fully saturated rings. The minimum atomic E-state index is -0.208. The Morgan fingerprint density at radius 2 is 2.50 bits per heavy atom. The summed E-state index contributed by atoms with van der Waals surface area (Å²) in [5.74, 6) is -0.208. The third-order valence-corrected chi connectivity index (χ3v) is 1.60. The second-order valence-electron chi connectivity index (χ2n) is 2.85.